The van der Waals surface area contributed by atoms with Gasteiger partial charge < -0.3 is 7.96 Å². The zero-order valence-electron chi connectivity index (χ0n) is 6.02. The maximum absolute atomic E-state index is 9.65. The summed E-state index contributed by atoms with van der Waals surface area (Å²) in [7, 11) is 0. The van der Waals surface area contributed by atoms with E-state index in [9.17, 15) is 4.79 Å². The van der Waals surface area contributed by atoms with Gasteiger partial charge in [0.2, 0.25) is 0 Å². The van der Waals surface area contributed by atoms with Gasteiger partial charge in [-0.1, -0.05) is 15.9 Å². The molecule has 4 heteroatoms. The third kappa shape index (κ3) is 6.72. The van der Waals surface area contributed by atoms with Crippen molar-refractivity contribution in [2.75, 3.05) is 0 Å². The second-order valence-electron chi connectivity index (χ2n) is 0.954. The number of alkyl halides is 1. The Kier molecular flexibility index (Phi) is 7.40. The van der Waals surface area contributed by atoms with Gasteiger partial charge in [0.05, 0.1) is 0 Å². The maximum atomic E-state index is 9.65. The van der Waals surface area contributed by atoms with Gasteiger partial charge in [-0.3, -0.25) is 4.79 Å². The molecule has 0 aromatic heterocycles. The minimum atomic E-state index is -0.824. The fraction of sp³-hybridized carbons (Fsp3) is 0.667. The van der Waals surface area contributed by atoms with E-state index in [1.807, 2.05) is 0 Å². The number of carboxylic acids is 1. The molecule has 0 aromatic carbocycles. The van der Waals surface area contributed by atoms with Crippen molar-refractivity contribution in [3.8, 4) is 0 Å². The van der Waals surface area contributed by atoms with Gasteiger partial charge in [0.1, 0.15) is 4.83 Å². The molecule has 0 aromatic rings. The molecular formula is C3H7BrMgO2. The van der Waals surface area contributed by atoms with E-state index >= 15 is 0 Å². The molecule has 0 bridgehead atoms. The van der Waals surface area contributed by atoms with Crippen molar-refractivity contribution >= 4 is 45.0 Å². The fourth-order valence-corrected chi connectivity index (χ4v) is 0. The zero-order valence-corrected chi connectivity index (χ0v) is 7.02. The molecule has 1 atom stereocenters. The largest absolute Gasteiger partial charge is 2.00 e. The Morgan fingerprint density at radius 1 is 2.00 bits per heavy atom. The quantitative estimate of drug-likeness (QED) is 0.475. The number of carboxylic acid groups (broad SMARTS) is 1. The summed E-state index contributed by atoms with van der Waals surface area (Å²) in [6, 6.07) is 0. The number of carbonyl (C=O) groups is 1. The van der Waals surface area contributed by atoms with E-state index in [0.717, 1.165) is 0 Å². The van der Waals surface area contributed by atoms with E-state index in [1.165, 1.54) is 0 Å². The predicted molar refractivity (Wildman–Crippen MR) is 34.0 cm³/mol. The van der Waals surface area contributed by atoms with Gasteiger partial charge in [0.25, 0.3) is 0 Å². The van der Waals surface area contributed by atoms with Crippen LogP contribution in [0.25, 0.3) is 0 Å². The summed E-state index contributed by atoms with van der Waals surface area (Å²) in [5.74, 6) is -0.824. The van der Waals surface area contributed by atoms with Crippen LogP contribution >= 0.6 is 15.9 Å². The van der Waals surface area contributed by atoms with Gasteiger partial charge in [0.15, 0.2) is 0 Å². The molecule has 0 heterocycles. The van der Waals surface area contributed by atoms with Gasteiger partial charge in [-0.15, -0.1) is 0 Å². The summed E-state index contributed by atoms with van der Waals surface area (Å²) in [6.07, 6.45) is 0. The molecule has 0 amide bonds. The number of rotatable bonds is 1. The molecule has 2 nitrogen and oxygen atoms in total. The van der Waals surface area contributed by atoms with E-state index in [1.54, 1.807) is 6.92 Å². The Balaban J connectivity index is -0.0000000417. The molecule has 7 heavy (non-hydrogen) atoms. The molecule has 40 valence electrons. The van der Waals surface area contributed by atoms with Crippen LogP contribution in [0.5, 0.6) is 0 Å². The zero-order chi connectivity index (χ0) is 5.15. The van der Waals surface area contributed by atoms with Crippen molar-refractivity contribution in [1.29, 1.82) is 0 Å². The molecule has 1 N–H and O–H groups in total. The molecule has 0 aliphatic heterocycles. The third-order valence-electron chi connectivity index (χ3n) is 0.340. The number of aliphatic carboxylic acids is 1. The van der Waals surface area contributed by atoms with E-state index in [4.69, 9.17) is 5.11 Å². The summed E-state index contributed by atoms with van der Waals surface area (Å²) in [5.41, 5.74) is 0. The Labute approximate surface area is 69.5 Å². The second-order valence-corrected chi connectivity index (χ2v) is 2.33. The average Bonchev–Trinajstić information content (AvgIpc) is 1.36. The smallest absolute Gasteiger partial charge is 1.00 e. The summed E-state index contributed by atoms with van der Waals surface area (Å²) >= 11 is 2.84. The van der Waals surface area contributed by atoms with Crippen molar-refractivity contribution < 1.29 is 12.8 Å². The first-order valence-corrected chi connectivity index (χ1v) is 2.43. The van der Waals surface area contributed by atoms with Gasteiger partial charge in [-0.25, -0.2) is 0 Å². The summed E-state index contributed by atoms with van der Waals surface area (Å²) in [5, 5.41) is 7.94. The van der Waals surface area contributed by atoms with E-state index in [2.05, 4.69) is 15.9 Å². The number of hydrogen-bond donors (Lipinski definition) is 1. The number of halogens is 1. The van der Waals surface area contributed by atoms with Crippen LogP contribution in [0.2, 0.25) is 0 Å². The van der Waals surface area contributed by atoms with Gasteiger partial charge in [0, 0.05) is 0 Å². The van der Waals surface area contributed by atoms with Crippen molar-refractivity contribution in [3.63, 3.8) is 0 Å². The van der Waals surface area contributed by atoms with Crippen LogP contribution in [0.15, 0.2) is 0 Å². The fourth-order valence-electron chi connectivity index (χ4n) is 0. The van der Waals surface area contributed by atoms with Crippen LogP contribution in [0.1, 0.15) is 9.78 Å². The van der Waals surface area contributed by atoms with Crippen LogP contribution in [-0.2, 0) is 4.79 Å². The monoisotopic (exact) mass is 178 g/mol. The normalized spacial score (nSPS) is 11.7. The van der Waals surface area contributed by atoms with Crippen LogP contribution in [0.3, 0.4) is 0 Å². The molecule has 0 fully saturated rings. The molecule has 0 saturated heterocycles. The summed E-state index contributed by atoms with van der Waals surface area (Å²) in [4.78, 5) is 9.23. The molecule has 0 rings (SSSR count). The Hall–Kier alpha value is 0.716. The Morgan fingerprint density at radius 2 is 2.14 bits per heavy atom. The number of hydrogen-bond acceptors (Lipinski definition) is 1. The molecule has 0 aliphatic carbocycles. The van der Waals surface area contributed by atoms with E-state index < -0.39 is 10.8 Å². The van der Waals surface area contributed by atoms with E-state index in [0.29, 0.717) is 0 Å². The molecule has 0 saturated carbocycles. The Bertz CT molecular complexity index is 70.8. The van der Waals surface area contributed by atoms with E-state index in [-0.39, 0.29) is 25.9 Å². The SMILES string of the molecule is CC(Br)C(=O)O.[H-].[H-].[Mg+2]. The Morgan fingerprint density at radius 3 is 2.14 bits per heavy atom. The first-order valence-electron chi connectivity index (χ1n) is 1.51. The molecule has 1 unspecified atom stereocenters. The predicted octanol–water partition coefficient (Wildman–Crippen LogP) is 0.699. The van der Waals surface area contributed by atoms with Gasteiger partial charge in [-0.05, 0) is 6.92 Å². The molecule has 0 radical (unpaired) electrons. The second kappa shape index (κ2) is 4.87. The van der Waals surface area contributed by atoms with Crippen molar-refractivity contribution in [2.24, 2.45) is 0 Å². The maximum Gasteiger partial charge on any atom is 2.00 e. The van der Waals surface area contributed by atoms with Crippen LogP contribution in [0.4, 0.5) is 0 Å². The first-order chi connectivity index (χ1) is 2.64. The van der Waals surface area contributed by atoms with Crippen LogP contribution in [-0.4, -0.2) is 39.0 Å². The van der Waals surface area contributed by atoms with Crippen molar-refractivity contribution in [1.82, 2.24) is 0 Å². The minimum Gasteiger partial charge on any atom is -1.00 e. The topological polar surface area (TPSA) is 37.3 Å². The minimum absolute atomic E-state index is 0. The molecule has 0 spiro atoms. The van der Waals surface area contributed by atoms with Crippen molar-refractivity contribution in [3.05, 3.63) is 0 Å². The van der Waals surface area contributed by atoms with Gasteiger partial charge >= 0.3 is 29.0 Å². The van der Waals surface area contributed by atoms with Crippen LogP contribution in [0, 0.1) is 0 Å². The summed E-state index contributed by atoms with van der Waals surface area (Å²) in [6.45, 7) is 1.56. The van der Waals surface area contributed by atoms with Gasteiger partial charge in [-0.2, -0.15) is 0 Å². The first kappa shape index (κ1) is 10.7. The van der Waals surface area contributed by atoms with Crippen LogP contribution < -0.4 is 0 Å². The summed E-state index contributed by atoms with van der Waals surface area (Å²) < 4.78 is 0. The third-order valence-corrected chi connectivity index (χ3v) is 0.732. The molecular weight excluding hydrogens is 172 g/mol. The molecule has 0 aliphatic rings. The standard InChI is InChI=1S/C3H5BrO2.Mg.2H/c1-2(4)3(5)6;;;/h2H,1H3,(H,5,6);;;/q;+2;2*-1. The average molecular weight is 179 g/mol. The van der Waals surface area contributed by atoms with Crippen molar-refractivity contribution in [2.45, 2.75) is 11.8 Å².